The van der Waals surface area contributed by atoms with Gasteiger partial charge in [0.1, 0.15) is 0 Å². The van der Waals surface area contributed by atoms with E-state index in [0.717, 1.165) is 30.0 Å². The van der Waals surface area contributed by atoms with Gasteiger partial charge in [-0.1, -0.05) is 67.8 Å². The topological polar surface area (TPSA) is 37.3 Å². The Morgan fingerprint density at radius 3 is 1.63 bits per heavy atom. The molecule has 2 nitrogen and oxygen atoms in total. The first-order valence-electron chi connectivity index (χ1n) is 8.73. The van der Waals surface area contributed by atoms with Crippen molar-refractivity contribution in [3.8, 4) is 0 Å². The van der Waals surface area contributed by atoms with Crippen molar-refractivity contribution in [2.75, 3.05) is 0 Å². The number of halogens is 1. The Bertz CT molecular complexity index is 590. The average Bonchev–Trinajstić information content (AvgIpc) is 2.70. The molecule has 0 spiro atoms. The largest absolute Gasteiger partial charge is 0.476 e. The molecule has 0 aliphatic carbocycles. The highest BCUT2D eigenvalue weighted by Gasteiger charge is 2.01. The van der Waals surface area contributed by atoms with Gasteiger partial charge in [0.05, 0.1) is 0 Å². The normalized spacial score (nSPS) is 9.44. The Kier molecular flexibility index (Phi) is 18.9. The van der Waals surface area contributed by atoms with E-state index < -0.39 is 11.8 Å². The van der Waals surface area contributed by atoms with Crippen LogP contribution in [-0.2, 0) is 4.79 Å². The molecule has 0 heterocycles. The van der Waals surface area contributed by atoms with Crippen LogP contribution in [0.2, 0.25) is 0 Å². The summed E-state index contributed by atoms with van der Waals surface area (Å²) in [5.41, 5.74) is 2.27. The highest BCUT2D eigenvalue weighted by Crippen LogP contribution is 2.10. The van der Waals surface area contributed by atoms with Gasteiger partial charge in [0.2, 0.25) is 5.83 Å². The second-order valence-electron chi connectivity index (χ2n) is 5.28. The predicted octanol–water partition coefficient (Wildman–Crippen LogP) is 7.39. The molecule has 3 heteroatoms. The highest BCUT2D eigenvalue weighted by atomic mass is 19.1. The van der Waals surface area contributed by atoms with Gasteiger partial charge < -0.3 is 5.11 Å². The number of hydrogen-bond donors (Lipinski definition) is 1. The fourth-order valence-corrected chi connectivity index (χ4v) is 1.73. The molecule has 1 aromatic rings. The van der Waals surface area contributed by atoms with Crippen LogP contribution in [0, 0.1) is 0 Å². The summed E-state index contributed by atoms with van der Waals surface area (Å²) in [6.45, 7) is 17.9. The molecule has 0 saturated heterocycles. The van der Waals surface area contributed by atoms with E-state index in [9.17, 15) is 9.18 Å². The Labute approximate surface area is 163 Å². The lowest BCUT2D eigenvalue weighted by Gasteiger charge is -1.96. The molecule has 0 saturated carbocycles. The van der Waals surface area contributed by atoms with Gasteiger partial charge in [-0.25, -0.2) is 4.79 Å². The standard InChI is InChI=1S/C10H10.C8H14.C6H7FO2/c1-3-9-7-5-6-8-10(9)4-2;1-3-5-7-8-6-4-2;1-2-3-4-5(7)6(8)9/h3-8H,1-2H2;3-4H,1-2,5-8H2;2,4H,1,3H2,(H,8,9). The van der Waals surface area contributed by atoms with Crippen LogP contribution >= 0.6 is 0 Å². The van der Waals surface area contributed by atoms with Gasteiger partial charge in [0.25, 0.3) is 0 Å². The zero-order valence-electron chi connectivity index (χ0n) is 16.1. The molecule has 1 aromatic carbocycles. The van der Waals surface area contributed by atoms with Gasteiger partial charge in [0.15, 0.2) is 0 Å². The van der Waals surface area contributed by atoms with Gasteiger partial charge in [0, 0.05) is 0 Å². The van der Waals surface area contributed by atoms with Gasteiger partial charge in [-0.2, -0.15) is 4.39 Å². The van der Waals surface area contributed by atoms with E-state index in [1.54, 1.807) is 0 Å². The maximum atomic E-state index is 11.9. The van der Waals surface area contributed by atoms with Crippen molar-refractivity contribution in [2.45, 2.75) is 32.1 Å². The Morgan fingerprint density at radius 2 is 1.33 bits per heavy atom. The van der Waals surface area contributed by atoms with Gasteiger partial charge in [-0.15, -0.1) is 19.7 Å². The molecule has 0 amide bonds. The van der Waals surface area contributed by atoms with E-state index in [2.05, 4.69) is 32.9 Å². The number of carbonyl (C=O) groups is 1. The Balaban J connectivity index is 0. The number of rotatable bonds is 10. The molecule has 0 aliphatic rings. The number of carboxylic acids is 1. The smallest absolute Gasteiger partial charge is 0.364 e. The fraction of sp³-hybridized carbons (Fsp3) is 0.208. The summed E-state index contributed by atoms with van der Waals surface area (Å²) in [4.78, 5) is 9.73. The molecule has 0 unspecified atom stereocenters. The molecule has 0 aliphatic heterocycles. The molecule has 0 atom stereocenters. The summed E-state index contributed by atoms with van der Waals surface area (Å²) in [6, 6.07) is 8.02. The quantitative estimate of drug-likeness (QED) is 0.265. The van der Waals surface area contributed by atoms with Crippen LogP contribution in [0.3, 0.4) is 0 Å². The van der Waals surface area contributed by atoms with Crippen molar-refractivity contribution in [2.24, 2.45) is 0 Å². The number of hydrogen-bond acceptors (Lipinski definition) is 1. The van der Waals surface area contributed by atoms with E-state index in [0.29, 0.717) is 0 Å². The summed E-state index contributed by atoms with van der Waals surface area (Å²) < 4.78 is 11.9. The summed E-state index contributed by atoms with van der Waals surface area (Å²) in [5.74, 6) is -2.66. The fourth-order valence-electron chi connectivity index (χ4n) is 1.73. The maximum absolute atomic E-state index is 11.9. The lowest BCUT2D eigenvalue weighted by Crippen LogP contribution is -1.93. The van der Waals surface area contributed by atoms with Crippen LogP contribution in [0.15, 0.2) is 87.3 Å². The van der Waals surface area contributed by atoms with Crippen LogP contribution < -0.4 is 0 Å². The van der Waals surface area contributed by atoms with E-state index >= 15 is 0 Å². The van der Waals surface area contributed by atoms with E-state index in [1.807, 2.05) is 48.6 Å². The Morgan fingerprint density at radius 1 is 0.889 bits per heavy atom. The lowest BCUT2D eigenvalue weighted by molar-refractivity contribution is -0.134. The third-order valence-corrected chi connectivity index (χ3v) is 3.17. The van der Waals surface area contributed by atoms with Crippen LogP contribution in [0.5, 0.6) is 0 Å². The average molecular weight is 371 g/mol. The number of carboxylic acid groups (broad SMARTS) is 1. The van der Waals surface area contributed by atoms with Crippen molar-refractivity contribution >= 4 is 18.1 Å². The van der Waals surface area contributed by atoms with E-state index in [4.69, 9.17) is 5.11 Å². The summed E-state index contributed by atoms with van der Waals surface area (Å²) >= 11 is 0. The first kappa shape index (κ1) is 26.3. The van der Waals surface area contributed by atoms with Crippen molar-refractivity contribution in [3.05, 3.63) is 98.4 Å². The molecule has 1 N–H and O–H groups in total. The predicted molar refractivity (Wildman–Crippen MR) is 117 cm³/mol. The van der Waals surface area contributed by atoms with Gasteiger partial charge in [-0.05, 0) is 49.3 Å². The molecule has 146 valence electrons. The highest BCUT2D eigenvalue weighted by molar-refractivity contribution is 5.83. The molecule has 0 bridgehead atoms. The molecule has 0 fully saturated rings. The van der Waals surface area contributed by atoms with Crippen molar-refractivity contribution in [1.82, 2.24) is 0 Å². The summed E-state index contributed by atoms with van der Waals surface area (Å²) in [7, 11) is 0. The molecule has 0 aromatic heterocycles. The summed E-state index contributed by atoms with van der Waals surface area (Å²) in [6.07, 6.45) is 15.0. The second-order valence-corrected chi connectivity index (χ2v) is 5.28. The minimum Gasteiger partial charge on any atom is -0.476 e. The number of benzene rings is 1. The van der Waals surface area contributed by atoms with Crippen molar-refractivity contribution < 1.29 is 14.3 Å². The number of aliphatic carboxylic acids is 1. The van der Waals surface area contributed by atoms with E-state index in [-0.39, 0.29) is 6.42 Å². The zero-order chi connectivity index (χ0) is 20.9. The first-order chi connectivity index (χ1) is 13.0. The number of allylic oxidation sites excluding steroid dienone is 4. The summed E-state index contributed by atoms with van der Waals surface area (Å²) in [5, 5.41) is 7.93. The second kappa shape index (κ2) is 19.4. The van der Waals surface area contributed by atoms with Gasteiger partial charge in [-0.3, -0.25) is 0 Å². The van der Waals surface area contributed by atoms with E-state index in [1.165, 1.54) is 18.9 Å². The molecule has 0 radical (unpaired) electrons. The molecular weight excluding hydrogens is 339 g/mol. The first-order valence-corrected chi connectivity index (χ1v) is 8.73. The number of unbranched alkanes of at least 4 members (excludes halogenated alkanes) is 3. The molecule has 27 heavy (non-hydrogen) atoms. The molecule has 1 rings (SSSR count). The van der Waals surface area contributed by atoms with Crippen LogP contribution in [0.1, 0.15) is 43.2 Å². The van der Waals surface area contributed by atoms with Gasteiger partial charge >= 0.3 is 5.97 Å². The van der Waals surface area contributed by atoms with Crippen molar-refractivity contribution in [3.63, 3.8) is 0 Å². The minimum absolute atomic E-state index is 0.248. The SMILES string of the molecule is C=CCC=C(F)C(=O)O.C=CCCCCC=C.C=Cc1ccccc1C=C. The Hall–Kier alpha value is -2.94. The maximum Gasteiger partial charge on any atom is 0.364 e. The van der Waals surface area contributed by atoms with Crippen LogP contribution in [0.25, 0.3) is 12.2 Å². The monoisotopic (exact) mass is 370 g/mol. The van der Waals surface area contributed by atoms with Crippen molar-refractivity contribution in [1.29, 1.82) is 0 Å². The third kappa shape index (κ3) is 16.3. The third-order valence-electron chi connectivity index (χ3n) is 3.17. The van der Waals surface area contributed by atoms with Crippen LogP contribution in [0.4, 0.5) is 4.39 Å². The van der Waals surface area contributed by atoms with Crippen LogP contribution in [-0.4, -0.2) is 11.1 Å². The zero-order valence-corrected chi connectivity index (χ0v) is 16.1. The minimum atomic E-state index is -1.53. The molecular formula is C24H31FO2. The lowest BCUT2D eigenvalue weighted by atomic mass is 10.1.